The maximum Gasteiger partial charge on any atom is 0.329 e. The van der Waals surface area contributed by atoms with E-state index in [1.165, 1.54) is 0 Å². The molecule has 8 heteroatoms. The van der Waals surface area contributed by atoms with Gasteiger partial charge >= 0.3 is 14.1 Å². The molecule has 2 unspecified atom stereocenters. The van der Waals surface area contributed by atoms with Crippen LogP contribution in [0.25, 0.3) is 0 Å². The van der Waals surface area contributed by atoms with Gasteiger partial charge in [-0.1, -0.05) is 5.16 Å². The van der Waals surface area contributed by atoms with Gasteiger partial charge in [0, 0.05) is 32.7 Å². The van der Waals surface area contributed by atoms with Crippen LogP contribution in [0.1, 0.15) is 34.6 Å². The third kappa shape index (κ3) is 11.1. The van der Waals surface area contributed by atoms with E-state index in [1.54, 1.807) is 34.6 Å². The number of oxime groups is 1. The minimum absolute atomic E-state index is 0. The summed E-state index contributed by atoms with van der Waals surface area (Å²) in [4.78, 5) is 11.3. The molecule has 0 aliphatic heterocycles. The minimum Gasteiger partial charge on any atom is -0.462 e. The third-order valence-corrected chi connectivity index (χ3v) is 2.28. The van der Waals surface area contributed by atoms with Crippen molar-refractivity contribution in [2.75, 3.05) is 0 Å². The molecule has 0 rings (SSSR count). The fraction of sp³-hybridized carbons (Fsp3) is 0.778. The van der Waals surface area contributed by atoms with Crippen LogP contribution < -0.4 is 5.09 Å². The first-order chi connectivity index (χ1) is 7.32. The predicted octanol–water partition coefficient (Wildman–Crippen LogP) is 1.72. The molecule has 0 spiro atoms. The molecule has 0 aliphatic carbocycles. The van der Waals surface area contributed by atoms with Crippen molar-refractivity contribution in [2.45, 2.75) is 46.8 Å². The van der Waals surface area contributed by atoms with E-state index in [0.29, 0.717) is 5.71 Å². The zero-order valence-electron chi connectivity index (χ0n) is 10.8. The van der Waals surface area contributed by atoms with Crippen LogP contribution in [-0.4, -0.2) is 23.8 Å². The van der Waals surface area contributed by atoms with Crippen LogP contribution in [0.4, 0.5) is 0 Å². The Hall–Kier alpha value is 0.234. The van der Waals surface area contributed by atoms with Crippen LogP contribution in [0.5, 0.6) is 0 Å². The van der Waals surface area contributed by atoms with Crippen molar-refractivity contribution in [1.29, 1.82) is 0 Å². The molecule has 0 aliphatic rings. The Kier molecular flexibility index (Phi) is 11.7. The van der Waals surface area contributed by atoms with E-state index in [0.717, 1.165) is 0 Å². The molecule has 2 atom stereocenters. The Balaban J connectivity index is 0. The number of nitrogens with one attached hydrogen (secondary N) is 1. The molecule has 0 amide bonds. The number of rotatable bonds is 6. The van der Waals surface area contributed by atoms with Gasteiger partial charge in [0.1, 0.15) is 6.04 Å². The summed E-state index contributed by atoms with van der Waals surface area (Å²) in [6.07, 6.45) is -0.198. The van der Waals surface area contributed by atoms with Crippen molar-refractivity contribution in [3.63, 3.8) is 0 Å². The van der Waals surface area contributed by atoms with E-state index >= 15 is 0 Å². The molecule has 0 bridgehead atoms. The van der Waals surface area contributed by atoms with E-state index in [1.807, 2.05) is 0 Å². The second-order valence-corrected chi connectivity index (χ2v) is 4.82. The molecule has 97 valence electrons. The largest absolute Gasteiger partial charge is 0.462 e. The van der Waals surface area contributed by atoms with Crippen molar-refractivity contribution in [3.05, 3.63) is 0 Å². The Labute approximate surface area is 128 Å². The summed E-state index contributed by atoms with van der Waals surface area (Å²) in [6.45, 7) is 8.47. The van der Waals surface area contributed by atoms with Crippen LogP contribution in [0.3, 0.4) is 0 Å². The molecule has 17 heavy (non-hydrogen) atoms. The first-order valence-corrected chi connectivity index (χ1v) is 6.33. The van der Waals surface area contributed by atoms with Crippen molar-refractivity contribution >= 4 is 19.9 Å². The minimum atomic E-state index is -2.55. The predicted molar refractivity (Wildman–Crippen MR) is 62.7 cm³/mol. The summed E-state index contributed by atoms with van der Waals surface area (Å²) >= 11 is 0. The van der Waals surface area contributed by atoms with E-state index in [4.69, 9.17) is 4.74 Å². The Morgan fingerprint density at radius 1 is 1.29 bits per heavy atom. The molecule has 6 nitrogen and oxygen atoms in total. The molecule has 0 fully saturated rings. The fourth-order valence-electron chi connectivity index (χ4n) is 0.729. The average Bonchev–Trinajstić information content (AvgIpc) is 2.13. The van der Waals surface area contributed by atoms with Gasteiger partial charge in [0.15, 0.2) is 0 Å². The standard InChI is InChI=1S/C9H19N2O4P.Y/c1-6(2)10-15-16(13)11-8(5)9(12)14-7(3)4;/h7-8,16H,1-5H3,(H,11,13);. The normalized spacial score (nSPS) is 13.3. The van der Waals surface area contributed by atoms with Crippen LogP contribution >= 0.6 is 8.18 Å². The van der Waals surface area contributed by atoms with E-state index < -0.39 is 20.2 Å². The number of hydrogen-bond donors (Lipinski definition) is 1. The Morgan fingerprint density at radius 2 is 1.82 bits per heavy atom. The summed E-state index contributed by atoms with van der Waals surface area (Å²) in [5, 5.41) is 6.02. The van der Waals surface area contributed by atoms with Crippen molar-refractivity contribution in [1.82, 2.24) is 5.09 Å². The first-order valence-electron chi connectivity index (χ1n) is 5.02. The summed E-state index contributed by atoms with van der Waals surface area (Å²) < 4.78 is 20.9. The van der Waals surface area contributed by atoms with Gasteiger partial charge in [0.05, 0.1) is 11.8 Å². The van der Waals surface area contributed by atoms with Gasteiger partial charge in [-0.3, -0.25) is 9.36 Å². The molecule has 0 heterocycles. The second-order valence-electron chi connectivity index (χ2n) is 3.77. The number of hydrogen-bond acceptors (Lipinski definition) is 5. The van der Waals surface area contributed by atoms with E-state index in [9.17, 15) is 9.36 Å². The monoisotopic (exact) mass is 339 g/mol. The first kappa shape index (κ1) is 19.6. The van der Waals surface area contributed by atoms with Gasteiger partial charge in [0.2, 0.25) is 0 Å². The van der Waals surface area contributed by atoms with Gasteiger partial charge in [-0.25, -0.2) is 5.09 Å². The summed E-state index contributed by atoms with van der Waals surface area (Å²) in [5.41, 5.74) is 0.651. The van der Waals surface area contributed by atoms with Crippen LogP contribution in [-0.2, 0) is 51.4 Å². The molecule has 0 aromatic carbocycles. The Morgan fingerprint density at radius 3 is 2.24 bits per heavy atom. The maximum absolute atomic E-state index is 11.3. The maximum atomic E-state index is 11.3. The topological polar surface area (TPSA) is 77.0 Å². The fourth-order valence-corrected chi connectivity index (χ4v) is 1.52. The van der Waals surface area contributed by atoms with Crippen molar-refractivity contribution < 1.29 is 51.4 Å². The quantitative estimate of drug-likeness (QED) is 0.345. The summed E-state index contributed by atoms with van der Waals surface area (Å²) in [5.74, 6) is -0.464. The molecule has 0 aromatic heterocycles. The zero-order chi connectivity index (χ0) is 12.7. The van der Waals surface area contributed by atoms with Crippen LogP contribution in [0.15, 0.2) is 5.16 Å². The van der Waals surface area contributed by atoms with E-state index in [2.05, 4.69) is 14.9 Å². The number of nitrogens with zero attached hydrogens (tertiary/aromatic N) is 1. The van der Waals surface area contributed by atoms with Gasteiger partial charge in [-0.05, 0) is 34.6 Å². The average molecular weight is 339 g/mol. The second kappa shape index (κ2) is 10.2. The molecular formula is C9H19N2O4PY. The number of esters is 1. The van der Waals surface area contributed by atoms with Crippen molar-refractivity contribution in [2.24, 2.45) is 5.16 Å². The molecule has 1 N–H and O–H groups in total. The number of carbonyl (C=O) groups is 1. The molecule has 0 saturated heterocycles. The van der Waals surface area contributed by atoms with Crippen LogP contribution in [0, 0.1) is 0 Å². The third-order valence-electron chi connectivity index (χ3n) is 1.35. The Bertz CT molecular complexity index is 293. The number of ether oxygens (including phenoxy) is 1. The zero-order valence-corrected chi connectivity index (χ0v) is 14.7. The molecule has 0 aromatic rings. The van der Waals surface area contributed by atoms with Gasteiger partial charge in [0.25, 0.3) is 0 Å². The number of carbonyl (C=O) groups excluding carboxylic acids is 1. The molecule has 0 saturated carbocycles. The van der Waals surface area contributed by atoms with Crippen LogP contribution in [0.2, 0.25) is 0 Å². The molecular weight excluding hydrogens is 320 g/mol. The summed E-state index contributed by atoms with van der Waals surface area (Å²) in [6, 6.07) is -0.679. The summed E-state index contributed by atoms with van der Waals surface area (Å²) in [7, 11) is -2.55. The smallest absolute Gasteiger partial charge is 0.329 e. The van der Waals surface area contributed by atoms with E-state index in [-0.39, 0.29) is 38.8 Å². The SMILES string of the molecule is CC(C)=NO[PH](=O)NC(C)C(=O)OC(C)C.[Y]. The van der Waals surface area contributed by atoms with Gasteiger partial charge in [-0.2, -0.15) is 0 Å². The molecule has 1 radical (unpaired) electrons. The van der Waals surface area contributed by atoms with Gasteiger partial charge < -0.3 is 9.36 Å². The van der Waals surface area contributed by atoms with Crippen molar-refractivity contribution in [3.8, 4) is 0 Å². The van der Waals surface area contributed by atoms with Gasteiger partial charge in [-0.15, -0.1) is 0 Å².